The summed E-state index contributed by atoms with van der Waals surface area (Å²) in [6.07, 6.45) is 2.37. The van der Waals surface area contributed by atoms with Gasteiger partial charge < -0.3 is 20.1 Å². The summed E-state index contributed by atoms with van der Waals surface area (Å²) in [6, 6.07) is 7.12. The van der Waals surface area contributed by atoms with Gasteiger partial charge in [-0.05, 0) is 50.2 Å². The number of ether oxygens (including phenoxy) is 2. The molecule has 0 aromatic heterocycles. The Morgan fingerprint density at radius 2 is 2.00 bits per heavy atom. The van der Waals surface area contributed by atoms with E-state index >= 15 is 0 Å². The maximum Gasteiger partial charge on any atom is 0.223 e. The number of amides is 1. The van der Waals surface area contributed by atoms with Crippen molar-refractivity contribution in [2.75, 3.05) is 40.0 Å². The molecule has 0 saturated carbocycles. The standard InChI is InChI=1S/C17H25ClN2O3/c1-22-13-17(7-9-19-10-8-17)12-20-16(21)6-11-23-15-4-2-14(18)3-5-15/h2-5,19H,6-13H2,1H3,(H,20,21). The molecule has 0 radical (unpaired) electrons. The first-order chi connectivity index (χ1) is 11.1. The molecule has 1 saturated heterocycles. The number of halogens is 1. The number of carbonyl (C=O) groups is 1. The van der Waals surface area contributed by atoms with Crippen LogP contribution in [-0.4, -0.2) is 45.9 Å². The number of piperidine rings is 1. The van der Waals surface area contributed by atoms with Crippen LogP contribution in [0.5, 0.6) is 5.75 Å². The third-order valence-corrected chi connectivity index (χ3v) is 4.44. The summed E-state index contributed by atoms with van der Waals surface area (Å²) in [4.78, 5) is 12.0. The number of hydrogen-bond donors (Lipinski definition) is 2. The molecule has 1 amide bonds. The summed E-state index contributed by atoms with van der Waals surface area (Å²) < 4.78 is 10.9. The molecular weight excluding hydrogens is 316 g/mol. The van der Waals surface area contributed by atoms with Crippen molar-refractivity contribution < 1.29 is 14.3 Å². The summed E-state index contributed by atoms with van der Waals surface area (Å²) in [6.45, 7) is 3.63. The molecule has 128 valence electrons. The molecule has 23 heavy (non-hydrogen) atoms. The minimum Gasteiger partial charge on any atom is -0.493 e. The molecule has 6 heteroatoms. The van der Waals surface area contributed by atoms with Crippen LogP contribution in [0.4, 0.5) is 0 Å². The van der Waals surface area contributed by atoms with Crippen molar-refractivity contribution in [1.82, 2.24) is 10.6 Å². The molecule has 1 aromatic carbocycles. The van der Waals surface area contributed by atoms with Gasteiger partial charge in [0.1, 0.15) is 5.75 Å². The van der Waals surface area contributed by atoms with Crippen LogP contribution < -0.4 is 15.4 Å². The third-order valence-electron chi connectivity index (χ3n) is 4.19. The molecule has 1 heterocycles. The minimum atomic E-state index is 0.00738. The zero-order valence-electron chi connectivity index (χ0n) is 13.6. The average molecular weight is 341 g/mol. The van der Waals surface area contributed by atoms with Crippen LogP contribution in [0.3, 0.4) is 0 Å². The molecule has 2 rings (SSSR count). The van der Waals surface area contributed by atoms with E-state index in [1.807, 2.05) is 0 Å². The van der Waals surface area contributed by atoms with Crippen molar-refractivity contribution in [3.8, 4) is 5.75 Å². The summed E-state index contributed by atoms with van der Waals surface area (Å²) in [5, 5.41) is 7.04. The smallest absolute Gasteiger partial charge is 0.223 e. The van der Waals surface area contributed by atoms with Gasteiger partial charge in [-0.3, -0.25) is 4.79 Å². The van der Waals surface area contributed by atoms with Crippen molar-refractivity contribution in [3.05, 3.63) is 29.3 Å². The third kappa shape index (κ3) is 6.01. The Balaban J connectivity index is 1.70. The topological polar surface area (TPSA) is 59.6 Å². The van der Waals surface area contributed by atoms with Gasteiger partial charge in [0, 0.05) is 24.1 Å². The van der Waals surface area contributed by atoms with Gasteiger partial charge in [0.25, 0.3) is 0 Å². The van der Waals surface area contributed by atoms with E-state index in [4.69, 9.17) is 21.1 Å². The van der Waals surface area contributed by atoms with E-state index < -0.39 is 0 Å². The Morgan fingerprint density at radius 3 is 2.65 bits per heavy atom. The second-order valence-corrected chi connectivity index (χ2v) is 6.45. The molecule has 1 aromatic rings. The molecule has 0 bridgehead atoms. The highest BCUT2D eigenvalue weighted by Gasteiger charge is 2.32. The van der Waals surface area contributed by atoms with Crippen molar-refractivity contribution in [1.29, 1.82) is 0 Å². The number of carbonyl (C=O) groups excluding carboxylic acids is 1. The SMILES string of the molecule is COCC1(CNC(=O)CCOc2ccc(Cl)cc2)CCNCC1. The van der Waals surface area contributed by atoms with Gasteiger partial charge in [0.2, 0.25) is 5.91 Å². The number of methoxy groups -OCH3 is 1. The van der Waals surface area contributed by atoms with Crippen LogP contribution in [0, 0.1) is 5.41 Å². The van der Waals surface area contributed by atoms with Crippen molar-refractivity contribution in [2.24, 2.45) is 5.41 Å². The lowest BCUT2D eigenvalue weighted by Crippen LogP contribution is -2.47. The van der Waals surface area contributed by atoms with Crippen molar-refractivity contribution in [3.63, 3.8) is 0 Å². The Hall–Kier alpha value is -1.30. The largest absolute Gasteiger partial charge is 0.493 e. The zero-order valence-corrected chi connectivity index (χ0v) is 14.3. The predicted octanol–water partition coefficient (Wildman–Crippen LogP) is 2.24. The normalized spacial score (nSPS) is 16.8. The highest BCUT2D eigenvalue weighted by atomic mass is 35.5. The summed E-state index contributed by atoms with van der Waals surface area (Å²) in [5.74, 6) is 0.726. The van der Waals surface area contributed by atoms with E-state index in [1.54, 1.807) is 31.4 Å². The van der Waals surface area contributed by atoms with E-state index in [2.05, 4.69) is 10.6 Å². The van der Waals surface area contributed by atoms with Gasteiger partial charge in [-0.15, -0.1) is 0 Å². The maximum absolute atomic E-state index is 12.0. The van der Waals surface area contributed by atoms with E-state index in [0.717, 1.165) is 31.7 Å². The van der Waals surface area contributed by atoms with Crippen LogP contribution in [-0.2, 0) is 9.53 Å². The predicted molar refractivity (Wildman–Crippen MR) is 91.0 cm³/mol. The molecule has 0 spiro atoms. The molecule has 1 fully saturated rings. The summed E-state index contributed by atoms with van der Waals surface area (Å²) in [7, 11) is 1.71. The van der Waals surface area contributed by atoms with Gasteiger partial charge in [0.15, 0.2) is 0 Å². The van der Waals surface area contributed by atoms with Crippen molar-refractivity contribution >= 4 is 17.5 Å². The molecule has 1 aliphatic heterocycles. The fourth-order valence-electron chi connectivity index (χ4n) is 2.80. The Bertz CT molecular complexity index is 482. The second kappa shape index (κ2) is 9.11. The van der Waals surface area contributed by atoms with Gasteiger partial charge in [-0.25, -0.2) is 0 Å². The highest BCUT2D eigenvalue weighted by Crippen LogP contribution is 2.28. The molecule has 0 aliphatic carbocycles. The van der Waals surface area contributed by atoms with Gasteiger partial charge in [-0.2, -0.15) is 0 Å². The fourth-order valence-corrected chi connectivity index (χ4v) is 2.93. The van der Waals surface area contributed by atoms with Crippen LogP contribution in [0.1, 0.15) is 19.3 Å². The van der Waals surface area contributed by atoms with Gasteiger partial charge >= 0.3 is 0 Å². The van der Waals surface area contributed by atoms with Crippen molar-refractivity contribution in [2.45, 2.75) is 19.3 Å². The summed E-state index contributed by atoms with van der Waals surface area (Å²) >= 11 is 5.82. The number of nitrogens with one attached hydrogen (secondary N) is 2. The second-order valence-electron chi connectivity index (χ2n) is 6.01. The number of benzene rings is 1. The lowest BCUT2D eigenvalue weighted by molar-refractivity contribution is -0.122. The Labute approximate surface area is 142 Å². The Kier molecular flexibility index (Phi) is 7.15. The molecule has 0 atom stereocenters. The Morgan fingerprint density at radius 1 is 1.30 bits per heavy atom. The van der Waals surface area contributed by atoms with Crippen LogP contribution in [0.15, 0.2) is 24.3 Å². The van der Waals surface area contributed by atoms with E-state index in [9.17, 15) is 4.79 Å². The molecule has 5 nitrogen and oxygen atoms in total. The minimum absolute atomic E-state index is 0.00738. The first-order valence-corrected chi connectivity index (χ1v) is 8.36. The fraction of sp³-hybridized carbons (Fsp3) is 0.588. The average Bonchev–Trinajstić information content (AvgIpc) is 2.56. The highest BCUT2D eigenvalue weighted by molar-refractivity contribution is 6.30. The van der Waals surface area contributed by atoms with E-state index in [-0.39, 0.29) is 11.3 Å². The lowest BCUT2D eigenvalue weighted by Gasteiger charge is -2.37. The van der Waals surface area contributed by atoms with Crippen LogP contribution >= 0.6 is 11.6 Å². The molecule has 1 aliphatic rings. The van der Waals surface area contributed by atoms with E-state index in [1.165, 1.54) is 0 Å². The van der Waals surface area contributed by atoms with Gasteiger partial charge in [0.05, 0.1) is 19.6 Å². The first kappa shape index (κ1) is 18.0. The zero-order chi connectivity index (χ0) is 16.5. The number of hydrogen-bond acceptors (Lipinski definition) is 4. The monoisotopic (exact) mass is 340 g/mol. The maximum atomic E-state index is 12.0. The van der Waals surface area contributed by atoms with Crippen LogP contribution in [0.2, 0.25) is 5.02 Å². The molecule has 0 unspecified atom stereocenters. The van der Waals surface area contributed by atoms with Crippen LogP contribution in [0.25, 0.3) is 0 Å². The van der Waals surface area contributed by atoms with E-state index in [0.29, 0.717) is 31.2 Å². The van der Waals surface area contributed by atoms with Gasteiger partial charge in [-0.1, -0.05) is 11.6 Å². The summed E-state index contributed by atoms with van der Waals surface area (Å²) in [5.41, 5.74) is 0.0483. The quantitative estimate of drug-likeness (QED) is 0.762. The number of rotatable bonds is 8. The molecule has 2 N–H and O–H groups in total. The molecular formula is C17H25ClN2O3. The first-order valence-electron chi connectivity index (χ1n) is 7.98. The lowest BCUT2D eigenvalue weighted by atomic mass is 9.79.